The Bertz CT molecular complexity index is 1370. The third kappa shape index (κ3) is 4.82. The van der Waals surface area contributed by atoms with Crippen molar-refractivity contribution in [3.8, 4) is 34.3 Å². The van der Waals surface area contributed by atoms with Crippen molar-refractivity contribution in [2.75, 3.05) is 71.9 Å². The maximum absolute atomic E-state index is 5.68. The number of pyridine rings is 1. The average molecular weight is 504 g/mol. The van der Waals surface area contributed by atoms with Crippen LogP contribution < -0.4 is 29.2 Å². The Kier molecular flexibility index (Phi) is 6.96. The van der Waals surface area contributed by atoms with E-state index in [2.05, 4.69) is 44.3 Å². The number of aromatic amines is 1. The molecule has 0 radical (unpaired) electrons. The van der Waals surface area contributed by atoms with Crippen molar-refractivity contribution in [1.29, 1.82) is 0 Å². The van der Waals surface area contributed by atoms with Crippen LogP contribution in [0.2, 0.25) is 0 Å². The first kappa shape index (κ1) is 24.6. The first-order chi connectivity index (χ1) is 18.0. The van der Waals surface area contributed by atoms with Gasteiger partial charge in [-0.3, -0.25) is 0 Å². The summed E-state index contributed by atoms with van der Waals surface area (Å²) in [5.41, 5.74) is 5.61. The van der Waals surface area contributed by atoms with E-state index in [1.165, 1.54) is 0 Å². The third-order valence-electron chi connectivity index (χ3n) is 6.81. The van der Waals surface area contributed by atoms with Gasteiger partial charge in [0.15, 0.2) is 11.5 Å². The Morgan fingerprint density at radius 3 is 2.16 bits per heavy atom. The molecule has 194 valence electrons. The number of nitrogens with zero attached hydrogens (tertiary/aromatic N) is 3. The smallest absolute Gasteiger partial charge is 0.203 e. The molecular formula is C28H33N5O4. The molecule has 1 fully saturated rings. The van der Waals surface area contributed by atoms with Gasteiger partial charge in [0.25, 0.3) is 0 Å². The van der Waals surface area contributed by atoms with E-state index < -0.39 is 0 Å². The molecule has 3 heterocycles. The second-order valence-corrected chi connectivity index (χ2v) is 9.02. The Labute approximate surface area is 216 Å². The topological polar surface area (TPSA) is 84.1 Å². The molecule has 9 nitrogen and oxygen atoms in total. The van der Waals surface area contributed by atoms with E-state index in [0.717, 1.165) is 71.3 Å². The van der Waals surface area contributed by atoms with E-state index in [4.69, 9.17) is 18.9 Å². The third-order valence-corrected chi connectivity index (χ3v) is 6.81. The zero-order chi connectivity index (χ0) is 25.9. The van der Waals surface area contributed by atoms with Crippen LogP contribution in [0, 0.1) is 0 Å². The summed E-state index contributed by atoms with van der Waals surface area (Å²) in [7, 11) is 8.70. The molecule has 2 N–H and O–H groups in total. The number of fused-ring (bicyclic) bond motifs is 1. The number of aromatic nitrogens is 2. The summed E-state index contributed by atoms with van der Waals surface area (Å²) in [5, 5.41) is 4.57. The Balaban J connectivity index is 1.49. The molecule has 1 aliphatic heterocycles. The second kappa shape index (κ2) is 10.5. The molecule has 4 aromatic rings. The van der Waals surface area contributed by atoms with Crippen LogP contribution in [0.15, 0.2) is 48.7 Å². The molecule has 9 heteroatoms. The average Bonchev–Trinajstić information content (AvgIpc) is 3.38. The van der Waals surface area contributed by atoms with Crippen LogP contribution in [-0.2, 0) is 0 Å². The number of benzene rings is 2. The lowest BCUT2D eigenvalue weighted by molar-refractivity contribution is 0.311. The Morgan fingerprint density at radius 2 is 1.51 bits per heavy atom. The summed E-state index contributed by atoms with van der Waals surface area (Å²) in [6.45, 7) is 3.98. The lowest BCUT2D eigenvalue weighted by Gasteiger charge is -2.35. The number of rotatable bonds is 8. The highest BCUT2D eigenvalue weighted by molar-refractivity contribution is 5.95. The molecule has 2 aromatic heterocycles. The molecule has 0 saturated carbocycles. The first-order valence-electron chi connectivity index (χ1n) is 12.2. The standard InChI is InChI=1S/C28H33N5O4/c1-32-10-12-33(13-11-32)23-16-19(6-7-24(23)34-2)30-21-8-9-29-28-20(21)17-22(31-28)18-14-25(35-3)27(37-5)26(15-18)36-4/h6-9,14-17H,10-13H2,1-5H3,(H2,29,30,31). The van der Waals surface area contributed by atoms with Crippen LogP contribution in [0.3, 0.4) is 0 Å². The molecule has 0 bridgehead atoms. The monoisotopic (exact) mass is 503 g/mol. The number of likely N-dealkylation sites (N-methyl/N-ethyl adjacent to an activating group) is 1. The van der Waals surface area contributed by atoms with E-state index in [1.54, 1.807) is 34.6 Å². The van der Waals surface area contributed by atoms with Gasteiger partial charge in [0.2, 0.25) is 5.75 Å². The summed E-state index contributed by atoms with van der Waals surface area (Å²) < 4.78 is 22.2. The van der Waals surface area contributed by atoms with Gasteiger partial charge in [-0.25, -0.2) is 4.98 Å². The number of anilines is 3. The van der Waals surface area contributed by atoms with Crippen molar-refractivity contribution < 1.29 is 18.9 Å². The quantitative estimate of drug-likeness (QED) is 0.356. The van der Waals surface area contributed by atoms with E-state index >= 15 is 0 Å². The maximum atomic E-state index is 5.68. The van der Waals surface area contributed by atoms with Crippen molar-refractivity contribution in [2.45, 2.75) is 0 Å². The molecule has 0 amide bonds. The molecular weight excluding hydrogens is 470 g/mol. The highest BCUT2D eigenvalue weighted by Gasteiger charge is 2.19. The second-order valence-electron chi connectivity index (χ2n) is 9.02. The summed E-state index contributed by atoms with van der Waals surface area (Å²) >= 11 is 0. The van der Waals surface area contributed by atoms with E-state index in [0.29, 0.717) is 17.2 Å². The summed E-state index contributed by atoms with van der Waals surface area (Å²) in [5.74, 6) is 2.62. The van der Waals surface area contributed by atoms with Crippen molar-refractivity contribution in [3.05, 3.63) is 48.7 Å². The number of nitrogens with one attached hydrogen (secondary N) is 2. The molecule has 0 unspecified atom stereocenters. The van der Waals surface area contributed by atoms with Crippen LogP contribution in [0.25, 0.3) is 22.3 Å². The predicted octanol–water partition coefficient (Wildman–Crippen LogP) is 4.76. The Morgan fingerprint density at radius 1 is 0.811 bits per heavy atom. The number of H-pyrrole nitrogens is 1. The van der Waals surface area contributed by atoms with Gasteiger partial charge in [-0.2, -0.15) is 0 Å². The SMILES string of the molecule is COc1ccc(Nc2ccnc3[nH]c(-c4cc(OC)c(OC)c(OC)c4)cc23)cc1N1CCN(C)CC1. The van der Waals surface area contributed by atoms with E-state index in [1.807, 2.05) is 30.3 Å². The predicted molar refractivity (Wildman–Crippen MR) is 147 cm³/mol. The van der Waals surface area contributed by atoms with Crippen LogP contribution >= 0.6 is 0 Å². The van der Waals surface area contributed by atoms with Crippen LogP contribution in [0.5, 0.6) is 23.0 Å². The fourth-order valence-corrected chi connectivity index (χ4v) is 4.75. The molecule has 1 saturated heterocycles. The molecule has 0 atom stereocenters. The van der Waals surface area contributed by atoms with E-state index in [9.17, 15) is 0 Å². The van der Waals surface area contributed by atoms with Crippen molar-refractivity contribution >= 4 is 28.1 Å². The number of ether oxygens (including phenoxy) is 4. The van der Waals surface area contributed by atoms with Gasteiger partial charge >= 0.3 is 0 Å². The van der Waals surface area contributed by atoms with Gasteiger partial charge in [0.05, 0.1) is 39.8 Å². The Hall–Kier alpha value is -4.11. The molecule has 1 aliphatic rings. The normalized spacial score (nSPS) is 14.0. The largest absolute Gasteiger partial charge is 0.495 e. The van der Waals surface area contributed by atoms with Crippen molar-refractivity contribution in [3.63, 3.8) is 0 Å². The molecule has 5 rings (SSSR count). The molecule has 2 aromatic carbocycles. The lowest BCUT2D eigenvalue weighted by Crippen LogP contribution is -2.44. The van der Waals surface area contributed by atoms with Crippen LogP contribution in [0.1, 0.15) is 0 Å². The number of piperazine rings is 1. The summed E-state index contributed by atoms with van der Waals surface area (Å²) in [6, 6.07) is 14.1. The van der Waals surface area contributed by atoms with Gasteiger partial charge in [-0.05, 0) is 49.5 Å². The minimum Gasteiger partial charge on any atom is -0.495 e. The molecule has 0 spiro atoms. The zero-order valence-corrected chi connectivity index (χ0v) is 21.9. The summed E-state index contributed by atoms with van der Waals surface area (Å²) in [6.07, 6.45) is 1.80. The number of methoxy groups -OCH3 is 4. The van der Waals surface area contributed by atoms with Gasteiger partial charge < -0.3 is 39.0 Å². The van der Waals surface area contributed by atoms with Crippen molar-refractivity contribution in [1.82, 2.24) is 14.9 Å². The highest BCUT2D eigenvalue weighted by atomic mass is 16.5. The summed E-state index contributed by atoms with van der Waals surface area (Å²) in [4.78, 5) is 12.7. The minimum absolute atomic E-state index is 0.556. The zero-order valence-electron chi connectivity index (χ0n) is 21.9. The molecule has 0 aliphatic carbocycles. The molecule has 37 heavy (non-hydrogen) atoms. The maximum Gasteiger partial charge on any atom is 0.203 e. The van der Waals surface area contributed by atoms with Gasteiger partial charge in [-0.15, -0.1) is 0 Å². The highest BCUT2D eigenvalue weighted by Crippen LogP contribution is 2.42. The number of hydrogen-bond donors (Lipinski definition) is 2. The van der Waals surface area contributed by atoms with Gasteiger partial charge in [0.1, 0.15) is 11.4 Å². The van der Waals surface area contributed by atoms with Crippen LogP contribution in [0.4, 0.5) is 17.1 Å². The fourth-order valence-electron chi connectivity index (χ4n) is 4.75. The van der Waals surface area contributed by atoms with E-state index in [-0.39, 0.29) is 0 Å². The van der Waals surface area contributed by atoms with Crippen LogP contribution in [-0.4, -0.2) is 76.5 Å². The number of hydrogen-bond acceptors (Lipinski definition) is 8. The lowest BCUT2D eigenvalue weighted by atomic mass is 10.1. The van der Waals surface area contributed by atoms with Gasteiger partial charge in [0, 0.05) is 54.7 Å². The van der Waals surface area contributed by atoms with Gasteiger partial charge in [-0.1, -0.05) is 0 Å². The fraction of sp³-hybridized carbons (Fsp3) is 0.321. The van der Waals surface area contributed by atoms with Crippen molar-refractivity contribution in [2.24, 2.45) is 0 Å². The first-order valence-corrected chi connectivity index (χ1v) is 12.2. The minimum atomic E-state index is 0.556.